The number of alkyl halides is 2. The molecule has 2 N–H and O–H groups in total. The van der Waals surface area contributed by atoms with Gasteiger partial charge in [0.2, 0.25) is 0 Å². The molecule has 2 heterocycles. The zero-order valence-electron chi connectivity index (χ0n) is 16.3. The number of aliphatic imine (C=N–C) groups is 1. The molecule has 1 aliphatic heterocycles. The summed E-state index contributed by atoms with van der Waals surface area (Å²) in [6.07, 6.45) is 3.07. The zero-order valence-corrected chi connectivity index (χ0v) is 16.3. The maximum atomic E-state index is 14.6. The minimum atomic E-state index is -2.98. The highest BCUT2D eigenvalue weighted by molar-refractivity contribution is 6.09. The third-order valence-corrected chi connectivity index (χ3v) is 5.09. The monoisotopic (exact) mass is 426 g/mol. The number of hydrogen-bond acceptors (Lipinski definition) is 5. The van der Waals surface area contributed by atoms with E-state index in [1.165, 1.54) is 60.6 Å². The topological polar surface area (TPSA) is 80.8 Å². The van der Waals surface area contributed by atoms with E-state index in [1.54, 1.807) is 18.3 Å². The van der Waals surface area contributed by atoms with E-state index in [0.717, 1.165) is 0 Å². The Kier molecular flexibility index (Phi) is 5.10. The standard InChI is InChI=1S/C22H17F3N4O2/c1-29-19(30)22(28-21(29)26,14-4-7-16(8-5-14)31-20(24)25)15-6-9-18(23)17(11-15)13-3-2-10-27-12-13/h2-12,20H,1H3,(H2,26,28). The van der Waals surface area contributed by atoms with Crippen molar-refractivity contribution in [3.63, 3.8) is 0 Å². The number of hydrogen-bond donors (Lipinski definition) is 1. The van der Waals surface area contributed by atoms with Gasteiger partial charge in [0.25, 0.3) is 5.91 Å². The van der Waals surface area contributed by atoms with E-state index >= 15 is 0 Å². The number of carbonyl (C=O) groups is 1. The Hall–Kier alpha value is -3.88. The smallest absolute Gasteiger partial charge is 0.387 e. The second-order valence-corrected chi connectivity index (χ2v) is 6.88. The first-order valence-electron chi connectivity index (χ1n) is 9.22. The molecule has 1 aliphatic rings. The van der Waals surface area contributed by atoms with Crippen LogP contribution in [-0.2, 0) is 10.3 Å². The molecule has 0 bridgehead atoms. The van der Waals surface area contributed by atoms with Crippen LogP contribution in [0.1, 0.15) is 11.1 Å². The van der Waals surface area contributed by atoms with Crippen LogP contribution in [0, 0.1) is 5.82 Å². The molecule has 1 amide bonds. The normalized spacial score (nSPS) is 18.4. The first-order valence-corrected chi connectivity index (χ1v) is 9.22. The first-order chi connectivity index (χ1) is 14.8. The number of ether oxygens (including phenoxy) is 1. The fourth-order valence-corrected chi connectivity index (χ4v) is 3.56. The van der Waals surface area contributed by atoms with Gasteiger partial charge in [0.15, 0.2) is 11.5 Å². The summed E-state index contributed by atoms with van der Waals surface area (Å²) >= 11 is 0. The number of aromatic nitrogens is 1. The van der Waals surface area contributed by atoms with Crippen LogP contribution in [0.2, 0.25) is 0 Å². The molecular formula is C22H17F3N4O2. The quantitative estimate of drug-likeness (QED) is 0.677. The van der Waals surface area contributed by atoms with Crippen LogP contribution < -0.4 is 10.5 Å². The Labute approximate surface area is 175 Å². The summed E-state index contributed by atoms with van der Waals surface area (Å²) in [5, 5.41) is 0. The number of benzene rings is 2. The fraction of sp³-hybridized carbons (Fsp3) is 0.136. The van der Waals surface area contributed by atoms with E-state index in [0.29, 0.717) is 16.7 Å². The maximum absolute atomic E-state index is 14.6. The molecule has 1 aromatic heterocycles. The highest BCUT2D eigenvalue weighted by atomic mass is 19.3. The molecule has 31 heavy (non-hydrogen) atoms. The van der Waals surface area contributed by atoms with Crippen molar-refractivity contribution in [3.8, 4) is 16.9 Å². The van der Waals surface area contributed by atoms with Crippen LogP contribution in [0.15, 0.2) is 72.0 Å². The van der Waals surface area contributed by atoms with Gasteiger partial charge < -0.3 is 10.5 Å². The second-order valence-electron chi connectivity index (χ2n) is 6.88. The summed E-state index contributed by atoms with van der Waals surface area (Å²) in [7, 11) is 1.47. The highest BCUT2D eigenvalue weighted by Gasteiger charge is 2.49. The van der Waals surface area contributed by atoms with E-state index in [4.69, 9.17) is 5.73 Å². The SMILES string of the molecule is CN1C(=O)C(c2ccc(OC(F)F)cc2)(c2ccc(F)c(-c3cccnc3)c2)N=C1N. The average molecular weight is 426 g/mol. The molecule has 0 spiro atoms. The molecule has 3 aromatic rings. The highest BCUT2D eigenvalue weighted by Crippen LogP contribution is 2.41. The van der Waals surface area contributed by atoms with Crippen molar-refractivity contribution in [2.24, 2.45) is 10.7 Å². The van der Waals surface area contributed by atoms with Gasteiger partial charge >= 0.3 is 6.61 Å². The molecule has 0 saturated carbocycles. The number of likely N-dealkylation sites (N-methyl/N-ethyl adjacent to an activating group) is 1. The predicted molar refractivity (Wildman–Crippen MR) is 108 cm³/mol. The van der Waals surface area contributed by atoms with Crippen LogP contribution in [0.3, 0.4) is 0 Å². The molecule has 4 rings (SSSR count). The van der Waals surface area contributed by atoms with Crippen molar-refractivity contribution < 1.29 is 22.7 Å². The Bertz CT molecular complexity index is 1150. The van der Waals surface area contributed by atoms with E-state index in [-0.39, 0.29) is 17.3 Å². The molecule has 1 atom stereocenters. The molecule has 1 unspecified atom stereocenters. The average Bonchev–Trinajstić information content (AvgIpc) is 2.99. The van der Waals surface area contributed by atoms with E-state index in [9.17, 15) is 18.0 Å². The molecular weight excluding hydrogens is 409 g/mol. The lowest BCUT2D eigenvalue weighted by molar-refractivity contribution is -0.129. The number of carbonyl (C=O) groups excluding carboxylic acids is 1. The lowest BCUT2D eigenvalue weighted by Crippen LogP contribution is -2.41. The van der Waals surface area contributed by atoms with Crippen molar-refractivity contribution in [2.75, 3.05) is 7.05 Å². The van der Waals surface area contributed by atoms with Crippen molar-refractivity contribution >= 4 is 11.9 Å². The molecule has 9 heteroatoms. The number of guanidine groups is 1. The minimum Gasteiger partial charge on any atom is -0.435 e. The van der Waals surface area contributed by atoms with Gasteiger partial charge in [-0.25, -0.2) is 9.38 Å². The van der Waals surface area contributed by atoms with Crippen LogP contribution in [0.25, 0.3) is 11.1 Å². The minimum absolute atomic E-state index is 0.0230. The summed E-state index contributed by atoms with van der Waals surface area (Å²) in [5.41, 5.74) is 5.83. The van der Waals surface area contributed by atoms with E-state index in [2.05, 4.69) is 14.7 Å². The number of nitrogens with zero attached hydrogens (tertiary/aromatic N) is 3. The summed E-state index contributed by atoms with van der Waals surface area (Å²) < 4.78 is 44.0. The summed E-state index contributed by atoms with van der Waals surface area (Å²) in [4.78, 5) is 22.9. The van der Waals surface area contributed by atoms with Crippen molar-refractivity contribution in [1.82, 2.24) is 9.88 Å². The van der Waals surface area contributed by atoms with Crippen molar-refractivity contribution in [2.45, 2.75) is 12.2 Å². The number of rotatable bonds is 5. The Balaban J connectivity index is 1.89. The lowest BCUT2D eigenvalue weighted by Gasteiger charge is -2.27. The van der Waals surface area contributed by atoms with E-state index < -0.39 is 23.9 Å². The number of amides is 1. The first kappa shape index (κ1) is 20.4. The van der Waals surface area contributed by atoms with Gasteiger partial charge in [0.1, 0.15) is 11.6 Å². The van der Waals surface area contributed by atoms with Crippen LogP contribution in [0.5, 0.6) is 5.75 Å². The Morgan fingerprint density at radius 2 is 1.81 bits per heavy atom. The lowest BCUT2D eigenvalue weighted by atomic mass is 9.81. The Morgan fingerprint density at radius 3 is 2.39 bits per heavy atom. The fourth-order valence-electron chi connectivity index (χ4n) is 3.56. The molecule has 2 aromatic carbocycles. The number of pyridine rings is 1. The van der Waals surface area contributed by atoms with Crippen molar-refractivity contribution in [1.29, 1.82) is 0 Å². The second kappa shape index (κ2) is 7.75. The third-order valence-electron chi connectivity index (χ3n) is 5.09. The molecule has 0 radical (unpaired) electrons. The van der Waals surface area contributed by atoms with Gasteiger partial charge in [-0.3, -0.25) is 14.7 Å². The van der Waals surface area contributed by atoms with Crippen LogP contribution in [0.4, 0.5) is 13.2 Å². The van der Waals surface area contributed by atoms with Gasteiger partial charge in [-0.1, -0.05) is 24.3 Å². The third kappa shape index (κ3) is 3.48. The maximum Gasteiger partial charge on any atom is 0.387 e. The molecule has 0 aliphatic carbocycles. The zero-order chi connectivity index (χ0) is 22.2. The van der Waals surface area contributed by atoms with Gasteiger partial charge in [-0.15, -0.1) is 0 Å². The molecule has 0 fully saturated rings. The van der Waals surface area contributed by atoms with Gasteiger partial charge in [-0.2, -0.15) is 8.78 Å². The van der Waals surface area contributed by atoms with E-state index in [1.807, 2.05) is 0 Å². The van der Waals surface area contributed by atoms with Gasteiger partial charge in [-0.05, 0) is 41.5 Å². The van der Waals surface area contributed by atoms with Crippen LogP contribution >= 0.6 is 0 Å². The van der Waals surface area contributed by atoms with Crippen molar-refractivity contribution in [3.05, 3.63) is 83.9 Å². The molecule has 158 valence electrons. The Morgan fingerprint density at radius 1 is 1.10 bits per heavy atom. The summed E-state index contributed by atoms with van der Waals surface area (Å²) in [6.45, 7) is -2.98. The van der Waals surface area contributed by atoms with Crippen LogP contribution in [-0.4, -0.2) is 35.4 Å². The molecule has 6 nitrogen and oxygen atoms in total. The number of nitrogens with two attached hydrogens (primary N) is 1. The predicted octanol–water partition coefficient (Wildman–Crippen LogP) is 3.52. The largest absolute Gasteiger partial charge is 0.435 e. The summed E-state index contributed by atoms with van der Waals surface area (Å²) in [6, 6.07) is 13.1. The number of halogens is 3. The van der Waals surface area contributed by atoms with Gasteiger partial charge in [0, 0.05) is 30.6 Å². The summed E-state index contributed by atoms with van der Waals surface area (Å²) in [5.74, 6) is -1.05. The molecule has 0 saturated heterocycles. The van der Waals surface area contributed by atoms with Gasteiger partial charge in [0.05, 0.1) is 0 Å².